The highest BCUT2D eigenvalue weighted by Gasteiger charge is 2.18. The minimum Gasteiger partial charge on any atom is -0.364 e. The van der Waals surface area contributed by atoms with Gasteiger partial charge in [-0.3, -0.25) is 9.67 Å². The van der Waals surface area contributed by atoms with Crippen molar-refractivity contribution in [3.8, 4) is 34.0 Å². The molecule has 0 atom stereocenters. The maximum Gasteiger partial charge on any atom is 0.208 e. The first-order chi connectivity index (χ1) is 15.7. The number of nitrogens with zero attached hydrogens (tertiary/aromatic N) is 7. The lowest BCUT2D eigenvalue weighted by molar-refractivity contribution is 0.421. The first-order valence-corrected chi connectivity index (χ1v) is 9.56. The predicted octanol–water partition coefficient (Wildman–Crippen LogP) is 4.64. The summed E-state index contributed by atoms with van der Waals surface area (Å²) in [5.74, 6) is -0.164. The van der Waals surface area contributed by atoms with Gasteiger partial charge in [0.25, 0.3) is 0 Å². The first kappa shape index (κ1) is 19.4. The average Bonchev–Trinajstić information content (AvgIpc) is 3.51. The van der Waals surface area contributed by atoms with Crippen molar-refractivity contribution in [3.63, 3.8) is 0 Å². The minimum atomic E-state index is -0.346. The molecule has 4 aromatic heterocycles. The Labute approximate surface area is 180 Å². The molecular weight excluding hydrogens is 413 g/mol. The van der Waals surface area contributed by atoms with Gasteiger partial charge in [0.1, 0.15) is 23.5 Å². The van der Waals surface area contributed by atoms with E-state index in [2.05, 4.69) is 30.4 Å². The SMILES string of the molecule is O=Nc1nc(-c2cc(-c3ccon3)n(Cc3ccccc3F)n2)ncc1-c1ccncc1. The fourth-order valence-corrected chi connectivity index (χ4v) is 3.29. The van der Waals surface area contributed by atoms with Gasteiger partial charge in [-0.25, -0.2) is 14.4 Å². The van der Waals surface area contributed by atoms with Crippen molar-refractivity contribution in [2.24, 2.45) is 5.18 Å². The second-order valence-corrected chi connectivity index (χ2v) is 6.81. The van der Waals surface area contributed by atoms with Gasteiger partial charge in [0, 0.05) is 35.8 Å². The van der Waals surface area contributed by atoms with E-state index in [9.17, 15) is 9.30 Å². The summed E-state index contributed by atoms with van der Waals surface area (Å²) in [6.45, 7) is 0.156. The Morgan fingerprint density at radius 2 is 1.91 bits per heavy atom. The Bertz CT molecular complexity index is 1380. The highest BCUT2D eigenvalue weighted by molar-refractivity contribution is 5.74. The zero-order chi connectivity index (χ0) is 21.9. The lowest BCUT2D eigenvalue weighted by Crippen LogP contribution is -2.06. The zero-order valence-corrected chi connectivity index (χ0v) is 16.5. The summed E-state index contributed by atoms with van der Waals surface area (Å²) in [5, 5.41) is 11.6. The Morgan fingerprint density at radius 3 is 2.66 bits per heavy atom. The Hall–Kier alpha value is -4.60. The summed E-state index contributed by atoms with van der Waals surface area (Å²) in [4.78, 5) is 24.1. The van der Waals surface area contributed by atoms with E-state index in [4.69, 9.17) is 4.52 Å². The molecular formula is C22H14FN7O2. The third-order valence-electron chi connectivity index (χ3n) is 4.83. The van der Waals surface area contributed by atoms with Crippen LogP contribution in [0.4, 0.5) is 10.2 Å². The van der Waals surface area contributed by atoms with Gasteiger partial charge >= 0.3 is 0 Å². The maximum absolute atomic E-state index is 14.2. The molecule has 32 heavy (non-hydrogen) atoms. The number of rotatable bonds is 6. The molecule has 4 heterocycles. The zero-order valence-electron chi connectivity index (χ0n) is 16.5. The van der Waals surface area contributed by atoms with Crippen LogP contribution in [0.25, 0.3) is 34.0 Å². The van der Waals surface area contributed by atoms with E-state index in [-0.39, 0.29) is 24.0 Å². The quantitative estimate of drug-likeness (QED) is 0.363. The Balaban J connectivity index is 1.58. The van der Waals surface area contributed by atoms with Crippen LogP contribution >= 0.6 is 0 Å². The van der Waals surface area contributed by atoms with Gasteiger partial charge in [0.05, 0.1) is 12.2 Å². The van der Waals surface area contributed by atoms with E-state index >= 15 is 0 Å². The van der Waals surface area contributed by atoms with Gasteiger partial charge in [-0.05, 0) is 35.0 Å². The summed E-state index contributed by atoms with van der Waals surface area (Å²) in [6, 6.07) is 13.3. The summed E-state index contributed by atoms with van der Waals surface area (Å²) in [5.41, 5.74) is 3.13. The van der Waals surface area contributed by atoms with Gasteiger partial charge in [-0.15, -0.1) is 4.91 Å². The molecule has 0 amide bonds. The van der Waals surface area contributed by atoms with Crippen molar-refractivity contribution < 1.29 is 8.91 Å². The summed E-state index contributed by atoms with van der Waals surface area (Å²) in [6.07, 6.45) is 6.16. The second-order valence-electron chi connectivity index (χ2n) is 6.81. The monoisotopic (exact) mass is 427 g/mol. The van der Waals surface area contributed by atoms with Crippen LogP contribution in [0.1, 0.15) is 5.56 Å². The summed E-state index contributed by atoms with van der Waals surface area (Å²) < 4.78 is 20.8. The van der Waals surface area contributed by atoms with Crippen LogP contribution in [-0.2, 0) is 6.54 Å². The van der Waals surface area contributed by atoms with Gasteiger partial charge in [0.2, 0.25) is 5.82 Å². The van der Waals surface area contributed by atoms with Crippen molar-refractivity contribution in [1.29, 1.82) is 0 Å². The lowest BCUT2D eigenvalue weighted by atomic mass is 10.1. The molecule has 0 unspecified atom stereocenters. The number of hydrogen-bond donors (Lipinski definition) is 0. The number of benzene rings is 1. The first-order valence-electron chi connectivity index (χ1n) is 9.56. The van der Waals surface area contributed by atoms with Crippen molar-refractivity contribution >= 4 is 5.82 Å². The predicted molar refractivity (Wildman–Crippen MR) is 113 cm³/mol. The molecule has 0 aliphatic carbocycles. The summed E-state index contributed by atoms with van der Waals surface area (Å²) in [7, 11) is 0. The third kappa shape index (κ3) is 3.65. The Morgan fingerprint density at radius 1 is 1.06 bits per heavy atom. The molecule has 5 rings (SSSR count). The van der Waals surface area contributed by atoms with Crippen LogP contribution in [0, 0.1) is 10.7 Å². The standard InChI is InChI=1S/C22H14FN7O2/c23-17-4-2-1-3-15(17)13-30-20(18-7-10-32-29-18)11-19(27-30)22-25-12-16(21(26-22)28-31)14-5-8-24-9-6-14/h1-12H,13H2. The van der Waals surface area contributed by atoms with E-state index in [0.717, 1.165) is 5.56 Å². The van der Waals surface area contributed by atoms with Crippen LogP contribution in [0.15, 0.2) is 83.1 Å². The van der Waals surface area contributed by atoms with Crippen molar-refractivity contribution in [2.45, 2.75) is 6.54 Å². The van der Waals surface area contributed by atoms with E-state index < -0.39 is 0 Å². The van der Waals surface area contributed by atoms with Gasteiger partial charge in [-0.2, -0.15) is 5.10 Å². The molecule has 0 spiro atoms. The minimum absolute atomic E-state index is 0.0205. The van der Waals surface area contributed by atoms with E-state index in [1.807, 2.05) is 0 Å². The Kier molecular flexibility index (Phi) is 5.00. The molecule has 9 nitrogen and oxygen atoms in total. The van der Waals surface area contributed by atoms with Crippen LogP contribution in [0.5, 0.6) is 0 Å². The molecule has 156 valence electrons. The number of aromatic nitrogens is 6. The highest BCUT2D eigenvalue weighted by atomic mass is 19.1. The molecule has 1 aromatic carbocycles. The third-order valence-corrected chi connectivity index (χ3v) is 4.83. The molecule has 0 radical (unpaired) electrons. The van der Waals surface area contributed by atoms with E-state index in [0.29, 0.717) is 28.2 Å². The van der Waals surface area contributed by atoms with Gasteiger partial charge in [0.15, 0.2) is 5.82 Å². The molecule has 0 aliphatic heterocycles. The van der Waals surface area contributed by atoms with E-state index in [1.165, 1.54) is 18.5 Å². The normalized spacial score (nSPS) is 10.9. The van der Waals surface area contributed by atoms with Crippen LogP contribution < -0.4 is 0 Å². The fourth-order valence-electron chi connectivity index (χ4n) is 3.29. The smallest absolute Gasteiger partial charge is 0.208 e. The van der Waals surface area contributed by atoms with Crippen molar-refractivity contribution in [3.05, 3.63) is 89.7 Å². The van der Waals surface area contributed by atoms with Gasteiger partial charge in [-0.1, -0.05) is 23.4 Å². The molecule has 10 heteroatoms. The van der Waals surface area contributed by atoms with Gasteiger partial charge < -0.3 is 4.52 Å². The average molecular weight is 427 g/mol. The largest absolute Gasteiger partial charge is 0.364 e. The highest BCUT2D eigenvalue weighted by Crippen LogP contribution is 2.30. The number of halogens is 1. The molecule has 0 aliphatic rings. The fraction of sp³-hybridized carbons (Fsp3) is 0.0455. The van der Waals surface area contributed by atoms with E-state index in [1.54, 1.807) is 59.5 Å². The van der Waals surface area contributed by atoms with Crippen LogP contribution in [0.3, 0.4) is 0 Å². The molecule has 0 N–H and O–H groups in total. The molecule has 0 saturated heterocycles. The van der Waals surface area contributed by atoms with Crippen LogP contribution in [0.2, 0.25) is 0 Å². The summed E-state index contributed by atoms with van der Waals surface area (Å²) >= 11 is 0. The molecule has 0 bridgehead atoms. The number of nitroso groups, excluding NO2 is 1. The molecule has 5 aromatic rings. The molecule has 0 fully saturated rings. The number of pyridine rings is 1. The molecule has 0 saturated carbocycles. The maximum atomic E-state index is 14.2. The topological polar surface area (TPSA) is 112 Å². The van der Waals surface area contributed by atoms with Crippen LogP contribution in [-0.4, -0.2) is 29.9 Å². The lowest BCUT2D eigenvalue weighted by Gasteiger charge is -2.06. The number of hydrogen-bond acceptors (Lipinski definition) is 8. The van der Waals surface area contributed by atoms with Crippen molar-refractivity contribution in [1.82, 2.24) is 29.9 Å². The second kappa shape index (κ2) is 8.26. The van der Waals surface area contributed by atoms with Crippen molar-refractivity contribution in [2.75, 3.05) is 0 Å².